The molecule has 1 saturated carbocycles. The summed E-state index contributed by atoms with van der Waals surface area (Å²) in [5.41, 5.74) is 12.7. The number of nitrogens with one attached hydrogen (secondary N) is 5. The van der Waals surface area contributed by atoms with Gasteiger partial charge in [0.1, 0.15) is 17.4 Å². The summed E-state index contributed by atoms with van der Waals surface area (Å²) in [4.78, 5) is 19.7. The number of para-hydroxylation sites is 3. The van der Waals surface area contributed by atoms with Crippen LogP contribution in [0.4, 0.5) is 22.9 Å². The van der Waals surface area contributed by atoms with Crippen LogP contribution < -0.4 is 31.1 Å². The van der Waals surface area contributed by atoms with E-state index in [1.807, 2.05) is 53.5 Å². The molecule has 0 unspecified atom stereocenters. The van der Waals surface area contributed by atoms with Crippen molar-refractivity contribution in [2.45, 2.75) is 78.3 Å². The highest BCUT2D eigenvalue weighted by atomic mass is 32.2. The molecule has 3 heterocycles. The number of pyridine rings is 1. The fourth-order valence-corrected chi connectivity index (χ4v) is 10.9. The average molecular weight is 1050 g/mol. The van der Waals surface area contributed by atoms with Crippen LogP contribution in [0.25, 0.3) is 32.7 Å². The molecule has 0 spiro atoms. The van der Waals surface area contributed by atoms with E-state index in [0.717, 1.165) is 107 Å². The second kappa shape index (κ2) is 26.8. The van der Waals surface area contributed by atoms with Crippen LogP contribution in [-0.2, 0) is 30.8 Å². The van der Waals surface area contributed by atoms with Gasteiger partial charge in [0.25, 0.3) is 0 Å². The van der Waals surface area contributed by atoms with Crippen molar-refractivity contribution in [3.63, 3.8) is 0 Å². The van der Waals surface area contributed by atoms with Crippen molar-refractivity contribution in [2.75, 3.05) is 108 Å². The molecule has 4 aromatic carbocycles. The highest BCUT2D eigenvalue weighted by Gasteiger charge is 2.31. The zero-order chi connectivity index (χ0) is 52.6. The van der Waals surface area contributed by atoms with Crippen LogP contribution >= 0.6 is 0 Å². The molecule has 1 aliphatic carbocycles. The van der Waals surface area contributed by atoms with E-state index in [1.54, 1.807) is 25.3 Å². The molecule has 2 aromatic heterocycles. The number of hydrogen-bond acceptors (Lipinski definition) is 16. The zero-order valence-electron chi connectivity index (χ0n) is 44.9. The highest BCUT2D eigenvalue weighted by molar-refractivity contribution is 7.92. The highest BCUT2D eigenvalue weighted by Crippen LogP contribution is 2.40. The summed E-state index contributed by atoms with van der Waals surface area (Å²) in [6.07, 6.45) is 10.2. The Balaban J connectivity index is 0.645. The number of nitrogens with zero attached hydrogens (tertiary/aromatic N) is 6. The maximum Gasteiger partial charge on any atom is 0.235 e. The first-order valence-electron chi connectivity index (χ1n) is 26.7. The Morgan fingerprint density at radius 1 is 0.747 bits per heavy atom. The van der Waals surface area contributed by atoms with Gasteiger partial charge in [0.05, 0.1) is 99.2 Å². The molecule has 8 rings (SSSR count). The standard InChI is InChI=1S/C57H79N11O6S/c1-57(2,3)42-22-25-45(26-23-42)67(5)41-54-60-51-21-12-9-18-48(51)56(62-54)58-28-14-30-66(4)29-13-15-44-40-68(65-63-44)31-32-72-33-34-73-35-36-74-37-38-75(69,70)64-43-24-27-52(53(39-43)71-6)61-55-46-16-7-10-19-49(46)59-50-20-11-8-17-47(50)55/h7-12,16-21,24,27,39-40,42,45,63-65H,13-15,22-23,25-26,28-38,41H2,1-6H3,(H,59,61)(H,58,60,62). The van der Waals surface area contributed by atoms with Crippen LogP contribution in [0.3, 0.4) is 0 Å². The first-order valence-corrected chi connectivity index (χ1v) is 28.3. The largest absolute Gasteiger partial charge is 0.494 e. The van der Waals surface area contributed by atoms with Crippen LogP contribution in [0.5, 0.6) is 5.75 Å². The summed E-state index contributed by atoms with van der Waals surface area (Å²) in [6, 6.07) is 29.9. The number of allylic oxidation sites excluding steroid dienone is 1. The maximum atomic E-state index is 12.9. The van der Waals surface area contributed by atoms with Crippen molar-refractivity contribution >= 4 is 65.6 Å². The molecule has 18 heteroatoms. The molecule has 0 bridgehead atoms. The minimum absolute atomic E-state index is 0.0248. The van der Waals surface area contributed by atoms with Crippen molar-refractivity contribution in [1.82, 2.24) is 40.7 Å². The summed E-state index contributed by atoms with van der Waals surface area (Å²) < 4.78 is 51.2. The van der Waals surface area contributed by atoms with E-state index in [9.17, 15) is 8.42 Å². The molecule has 0 amide bonds. The van der Waals surface area contributed by atoms with E-state index in [0.29, 0.717) is 61.6 Å². The summed E-state index contributed by atoms with van der Waals surface area (Å²) >= 11 is 0. The Labute approximate surface area is 444 Å². The Morgan fingerprint density at radius 3 is 2.05 bits per heavy atom. The van der Waals surface area contributed by atoms with Gasteiger partial charge in [-0.1, -0.05) is 69.3 Å². The number of methoxy groups -OCH3 is 1. The van der Waals surface area contributed by atoms with E-state index >= 15 is 0 Å². The molecule has 6 aromatic rings. The van der Waals surface area contributed by atoms with Crippen molar-refractivity contribution in [2.24, 2.45) is 11.3 Å². The third kappa shape index (κ3) is 16.1. The SMILES string of the molecule is COc1cc(NS(=O)(=O)CCOCCOCCOCCN2C=C(CCCN(C)CCCNc3nc(CN(C)C4CCC(C(C)(C)C)CC4)nc4ccccc34)NN2)ccc1Nc1c2ccccc2nc2ccccc12. The fraction of sp³-hybridized carbons (Fsp3) is 0.491. The molecule has 1 aliphatic heterocycles. The van der Waals surface area contributed by atoms with Crippen molar-refractivity contribution < 1.29 is 27.4 Å². The molecule has 75 heavy (non-hydrogen) atoms. The number of rotatable bonds is 29. The normalized spacial score (nSPS) is 16.3. The number of anilines is 4. The van der Waals surface area contributed by atoms with Crippen LogP contribution in [0.2, 0.25) is 0 Å². The number of ether oxygens (including phenoxy) is 4. The second-order valence-corrected chi connectivity index (χ2v) is 22.7. The average Bonchev–Trinajstić information content (AvgIpc) is 3.86. The van der Waals surface area contributed by atoms with Crippen LogP contribution in [0.1, 0.15) is 71.5 Å². The van der Waals surface area contributed by atoms with Crippen molar-refractivity contribution in [1.29, 1.82) is 0 Å². The zero-order valence-corrected chi connectivity index (χ0v) is 45.7. The predicted molar refractivity (Wildman–Crippen MR) is 302 cm³/mol. The summed E-state index contributed by atoms with van der Waals surface area (Å²) in [5.74, 6) is 2.89. The van der Waals surface area contributed by atoms with Gasteiger partial charge in [0, 0.05) is 46.7 Å². The quantitative estimate of drug-likeness (QED) is 0.0221. The number of hydrazine groups is 2. The number of sulfonamides is 1. The molecule has 0 saturated heterocycles. The van der Waals surface area contributed by atoms with E-state index in [4.69, 9.17) is 33.9 Å². The van der Waals surface area contributed by atoms with E-state index < -0.39 is 10.0 Å². The molecule has 0 radical (unpaired) electrons. The lowest BCUT2D eigenvalue weighted by molar-refractivity contribution is 0.0131. The van der Waals surface area contributed by atoms with Crippen LogP contribution in [0.15, 0.2) is 103 Å². The smallest absolute Gasteiger partial charge is 0.235 e. The fourth-order valence-electron chi connectivity index (χ4n) is 9.99. The molecule has 2 aliphatic rings. The number of fused-ring (bicyclic) bond motifs is 3. The van der Waals surface area contributed by atoms with Crippen molar-refractivity contribution in [3.05, 3.63) is 109 Å². The first-order chi connectivity index (χ1) is 36.3. The van der Waals surface area contributed by atoms with Gasteiger partial charge in [-0.2, -0.15) is 0 Å². The van der Waals surface area contributed by atoms with Crippen LogP contribution in [0, 0.1) is 11.3 Å². The van der Waals surface area contributed by atoms with Gasteiger partial charge >= 0.3 is 0 Å². The summed E-state index contributed by atoms with van der Waals surface area (Å²) in [5, 5.41) is 12.2. The van der Waals surface area contributed by atoms with Gasteiger partial charge in [-0.05, 0) is 120 Å². The third-order valence-corrected chi connectivity index (χ3v) is 15.5. The minimum Gasteiger partial charge on any atom is -0.494 e. The lowest BCUT2D eigenvalue weighted by Gasteiger charge is -2.39. The van der Waals surface area contributed by atoms with Gasteiger partial charge in [-0.25, -0.2) is 23.4 Å². The molecule has 5 N–H and O–H groups in total. The lowest BCUT2D eigenvalue weighted by Crippen LogP contribution is -2.38. The van der Waals surface area contributed by atoms with Gasteiger partial charge < -0.3 is 39.9 Å². The van der Waals surface area contributed by atoms with E-state index in [1.165, 1.54) is 25.7 Å². The van der Waals surface area contributed by atoms with Crippen LogP contribution in [-0.4, -0.2) is 137 Å². The number of aromatic nitrogens is 3. The monoisotopic (exact) mass is 1050 g/mol. The Morgan fingerprint density at radius 2 is 1.37 bits per heavy atom. The first kappa shape index (κ1) is 55.4. The van der Waals surface area contributed by atoms with Gasteiger partial charge in [0.15, 0.2) is 0 Å². The summed E-state index contributed by atoms with van der Waals surface area (Å²) in [7, 11) is 2.29. The van der Waals surface area contributed by atoms with E-state index in [2.05, 4.69) is 101 Å². The Hall–Kier alpha value is -5.86. The minimum atomic E-state index is -3.69. The predicted octanol–water partition coefficient (Wildman–Crippen LogP) is 9.29. The molecule has 17 nitrogen and oxygen atoms in total. The maximum absolute atomic E-state index is 12.9. The van der Waals surface area contributed by atoms with Gasteiger partial charge in [-0.15, -0.1) is 5.53 Å². The third-order valence-electron chi connectivity index (χ3n) is 14.3. The lowest BCUT2D eigenvalue weighted by atomic mass is 9.71. The Bertz CT molecular complexity index is 2870. The Kier molecular flexibility index (Phi) is 19.8. The number of hydrogen-bond donors (Lipinski definition) is 5. The van der Waals surface area contributed by atoms with Gasteiger partial charge in [-0.3, -0.25) is 14.6 Å². The molecular weight excluding hydrogens is 967 g/mol. The molecular formula is C57H79N11O6S. The molecule has 0 atom stereocenters. The summed E-state index contributed by atoms with van der Waals surface area (Å²) in [6.45, 7) is 13.4. The van der Waals surface area contributed by atoms with Crippen molar-refractivity contribution in [3.8, 4) is 5.75 Å². The number of benzene rings is 4. The molecule has 404 valence electrons. The second-order valence-electron chi connectivity index (χ2n) is 20.9. The molecule has 1 fully saturated rings. The van der Waals surface area contributed by atoms with Gasteiger partial charge in [0.2, 0.25) is 10.0 Å². The topological polar surface area (TPSA) is 180 Å². The van der Waals surface area contributed by atoms with E-state index in [-0.39, 0.29) is 19.0 Å².